The van der Waals surface area contributed by atoms with E-state index in [4.69, 9.17) is 37.1 Å². The zero-order valence-corrected chi connectivity index (χ0v) is 17.6. The monoisotopic (exact) mass is 435 g/mol. The summed E-state index contributed by atoms with van der Waals surface area (Å²) in [4.78, 5) is 2.05. The molecule has 0 aliphatic rings. The molecule has 7 heteroatoms. The molecular formula is C22H23Cl2NO4. The first kappa shape index (κ1) is 21.5. The van der Waals surface area contributed by atoms with E-state index in [-0.39, 0.29) is 6.61 Å². The lowest BCUT2D eigenvalue weighted by molar-refractivity contribution is 0.0604. The molecule has 1 N–H and O–H groups in total. The first-order valence-electron chi connectivity index (χ1n) is 9.17. The average Bonchev–Trinajstić information content (AvgIpc) is 3.22. The fraction of sp³-hybridized carbons (Fsp3) is 0.273. The maximum atomic E-state index is 10.5. The first-order chi connectivity index (χ1) is 14.0. The summed E-state index contributed by atoms with van der Waals surface area (Å²) in [5.41, 5.74) is 0.922. The molecule has 154 valence electrons. The van der Waals surface area contributed by atoms with Crippen molar-refractivity contribution in [2.75, 3.05) is 20.3 Å². The summed E-state index contributed by atoms with van der Waals surface area (Å²) in [7, 11) is 1.61. The SMILES string of the molecule is COc1ccc(OC[C@H](O)CN(Cc2ccco2)Cc2ccc(Cl)cc2Cl)cc1. The van der Waals surface area contributed by atoms with Crippen LogP contribution in [0, 0.1) is 0 Å². The Morgan fingerprint density at radius 2 is 1.79 bits per heavy atom. The second-order valence-corrected chi connectivity index (χ2v) is 7.47. The van der Waals surface area contributed by atoms with E-state index in [2.05, 4.69) is 4.90 Å². The van der Waals surface area contributed by atoms with Gasteiger partial charge in [0.1, 0.15) is 30.0 Å². The molecule has 1 aromatic heterocycles. The highest BCUT2D eigenvalue weighted by Crippen LogP contribution is 2.23. The van der Waals surface area contributed by atoms with Gasteiger partial charge in [0, 0.05) is 23.1 Å². The summed E-state index contributed by atoms with van der Waals surface area (Å²) in [6.45, 7) is 1.62. The smallest absolute Gasteiger partial charge is 0.119 e. The van der Waals surface area contributed by atoms with E-state index in [0.29, 0.717) is 35.4 Å². The summed E-state index contributed by atoms with van der Waals surface area (Å²) in [6, 6.07) is 16.4. The Kier molecular flexibility index (Phi) is 7.83. The topological polar surface area (TPSA) is 55.1 Å². The number of halogens is 2. The van der Waals surface area contributed by atoms with Crippen molar-refractivity contribution in [3.63, 3.8) is 0 Å². The van der Waals surface area contributed by atoms with Crippen LogP contribution in [0.3, 0.4) is 0 Å². The second kappa shape index (κ2) is 10.6. The number of aliphatic hydroxyl groups excluding tert-OH is 1. The lowest BCUT2D eigenvalue weighted by Crippen LogP contribution is -2.35. The first-order valence-corrected chi connectivity index (χ1v) is 9.92. The maximum Gasteiger partial charge on any atom is 0.119 e. The van der Waals surface area contributed by atoms with Crippen LogP contribution in [0.2, 0.25) is 10.0 Å². The van der Waals surface area contributed by atoms with Crippen LogP contribution in [-0.2, 0) is 13.1 Å². The minimum Gasteiger partial charge on any atom is -0.497 e. The molecule has 0 fully saturated rings. The van der Waals surface area contributed by atoms with Gasteiger partial charge >= 0.3 is 0 Å². The Bertz CT molecular complexity index is 884. The van der Waals surface area contributed by atoms with E-state index in [9.17, 15) is 5.11 Å². The summed E-state index contributed by atoms with van der Waals surface area (Å²) in [6.07, 6.45) is 0.935. The third kappa shape index (κ3) is 6.68. The number of rotatable bonds is 10. The standard InChI is InChI=1S/C22H23Cl2NO4/c1-27-19-6-8-20(9-7-19)29-15-18(26)13-25(14-21-3-2-10-28-21)12-16-4-5-17(23)11-22(16)24/h2-11,18,26H,12-15H2,1H3/t18-/m1/s1. The van der Waals surface area contributed by atoms with Gasteiger partial charge in [-0.25, -0.2) is 0 Å². The fourth-order valence-electron chi connectivity index (χ4n) is 2.91. The number of ether oxygens (including phenoxy) is 2. The predicted octanol–water partition coefficient (Wildman–Crippen LogP) is 5.04. The lowest BCUT2D eigenvalue weighted by atomic mass is 10.2. The second-order valence-electron chi connectivity index (χ2n) is 6.63. The van der Waals surface area contributed by atoms with Gasteiger partial charge in [-0.05, 0) is 54.1 Å². The van der Waals surface area contributed by atoms with E-state index < -0.39 is 6.10 Å². The summed E-state index contributed by atoms with van der Waals surface area (Å²) >= 11 is 12.3. The van der Waals surface area contributed by atoms with Gasteiger partial charge in [-0.1, -0.05) is 29.3 Å². The van der Waals surface area contributed by atoms with Crippen molar-refractivity contribution in [2.45, 2.75) is 19.2 Å². The normalized spacial score (nSPS) is 12.2. The fourth-order valence-corrected chi connectivity index (χ4v) is 3.38. The Morgan fingerprint density at radius 1 is 1.03 bits per heavy atom. The van der Waals surface area contributed by atoms with Crippen LogP contribution in [0.25, 0.3) is 0 Å². The van der Waals surface area contributed by atoms with Gasteiger partial charge in [0.25, 0.3) is 0 Å². The highest BCUT2D eigenvalue weighted by atomic mass is 35.5. The number of hydrogen-bond acceptors (Lipinski definition) is 5. The Hall–Kier alpha value is -2.18. The van der Waals surface area contributed by atoms with Crippen molar-refractivity contribution in [3.05, 3.63) is 82.2 Å². The summed E-state index contributed by atoms with van der Waals surface area (Å²) in [5.74, 6) is 2.23. The van der Waals surface area contributed by atoms with E-state index in [1.807, 2.05) is 30.3 Å². The van der Waals surface area contributed by atoms with Gasteiger partial charge in [-0.15, -0.1) is 0 Å². The van der Waals surface area contributed by atoms with Crippen molar-refractivity contribution in [1.29, 1.82) is 0 Å². The maximum absolute atomic E-state index is 10.5. The van der Waals surface area contributed by atoms with Gasteiger partial charge < -0.3 is 19.0 Å². The van der Waals surface area contributed by atoms with Crippen molar-refractivity contribution in [2.24, 2.45) is 0 Å². The molecule has 1 heterocycles. The number of benzene rings is 2. The van der Waals surface area contributed by atoms with Gasteiger partial charge in [0.15, 0.2) is 0 Å². The van der Waals surface area contributed by atoms with Crippen molar-refractivity contribution in [1.82, 2.24) is 4.90 Å². The van der Waals surface area contributed by atoms with Crippen LogP contribution < -0.4 is 9.47 Å². The molecule has 0 saturated heterocycles. The molecule has 0 unspecified atom stereocenters. The summed E-state index contributed by atoms with van der Waals surface area (Å²) < 4.78 is 16.3. The van der Waals surface area contributed by atoms with Crippen LogP contribution in [0.5, 0.6) is 11.5 Å². The Balaban J connectivity index is 1.61. The zero-order chi connectivity index (χ0) is 20.6. The summed E-state index contributed by atoms with van der Waals surface area (Å²) in [5, 5.41) is 11.7. The zero-order valence-electron chi connectivity index (χ0n) is 16.1. The number of nitrogens with zero attached hydrogens (tertiary/aromatic N) is 1. The molecule has 3 rings (SSSR count). The molecule has 0 aliphatic heterocycles. The van der Waals surface area contributed by atoms with Crippen molar-refractivity contribution in [3.8, 4) is 11.5 Å². The largest absolute Gasteiger partial charge is 0.497 e. The van der Waals surface area contributed by atoms with Crippen LogP contribution in [0.4, 0.5) is 0 Å². The van der Waals surface area contributed by atoms with Gasteiger partial charge in [-0.3, -0.25) is 4.90 Å². The predicted molar refractivity (Wildman–Crippen MR) is 114 cm³/mol. The molecule has 0 radical (unpaired) electrons. The van der Waals surface area contributed by atoms with Gasteiger partial charge in [-0.2, -0.15) is 0 Å². The van der Waals surface area contributed by atoms with E-state index in [1.54, 1.807) is 37.6 Å². The molecular weight excluding hydrogens is 413 g/mol. The Morgan fingerprint density at radius 3 is 2.45 bits per heavy atom. The number of furan rings is 1. The molecule has 0 saturated carbocycles. The molecule has 2 aromatic carbocycles. The number of methoxy groups -OCH3 is 1. The third-order valence-electron chi connectivity index (χ3n) is 4.34. The van der Waals surface area contributed by atoms with Gasteiger partial charge in [0.05, 0.1) is 19.9 Å². The van der Waals surface area contributed by atoms with Crippen molar-refractivity contribution < 1.29 is 19.0 Å². The molecule has 0 aliphatic carbocycles. The molecule has 29 heavy (non-hydrogen) atoms. The average molecular weight is 436 g/mol. The molecule has 0 bridgehead atoms. The number of aliphatic hydroxyl groups is 1. The minimum absolute atomic E-state index is 0.162. The third-order valence-corrected chi connectivity index (χ3v) is 4.93. The molecule has 1 atom stereocenters. The Labute approximate surface area is 180 Å². The highest BCUT2D eigenvalue weighted by molar-refractivity contribution is 6.35. The van der Waals surface area contributed by atoms with Crippen LogP contribution in [-0.4, -0.2) is 36.4 Å². The van der Waals surface area contributed by atoms with E-state index in [0.717, 1.165) is 17.1 Å². The molecule has 5 nitrogen and oxygen atoms in total. The highest BCUT2D eigenvalue weighted by Gasteiger charge is 2.16. The lowest BCUT2D eigenvalue weighted by Gasteiger charge is -2.25. The quantitative estimate of drug-likeness (QED) is 0.483. The molecule has 0 spiro atoms. The molecule has 3 aromatic rings. The number of hydrogen-bond donors (Lipinski definition) is 1. The van der Waals surface area contributed by atoms with E-state index in [1.165, 1.54) is 0 Å². The van der Waals surface area contributed by atoms with Crippen LogP contribution in [0.15, 0.2) is 65.3 Å². The minimum atomic E-state index is -0.696. The van der Waals surface area contributed by atoms with E-state index >= 15 is 0 Å². The molecule has 0 amide bonds. The van der Waals surface area contributed by atoms with Crippen LogP contribution in [0.1, 0.15) is 11.3 Å². The van der Waals surface area contributed by atoms with Crippen molar-refractivity contribution >= 4 is 23.2 Å². The van der Waals surface area contributed by atoms with Crippen LogP contribution >= 0.6 is 23.2 Å². The van der Waals surface area contributed by atoms with Gasteiger partial charge in [0.2, 0.25) is 0 Å².